The van der Waals surface area contributed by atoms with Gasteiger partial charge in [0.1, 0.15) is 23.0 Å². The molecule has 0 bridgehead atoms. The summed E-state index contributed by atoms with van der Waals surface area (Å²) >= 11 is 0. The Morgan fingerprint density at radius 2 is 0.974 bits per heavy atom. The summed E-state index contributed by atoms with van der Waals surface area (Å²) in [6.45, 7) is 0. The molecule has 6 aromatic carbocycles. The van der Waals surface area contributed by atoms with Crippen molar-refractivity contribution in [3.63, 3.8) is 0 Å². The van der Waals surface area contributed by atoms with Crippen molar-refractivity contribution in [1.29, 1.82) is 0 Å². The number of rotatable bonds is 1. The highest BCUT2D eigenvalue weighted by Crippen LogP contribution is 2.54. The average Bonchev–Trinajstić information content (AvgIpc) is 2.98. The highest BCUT2D eigenvalue weighted by molar-refractivity contribution is 7.80. The van der Waals surface area contributed by atoms with E-state index in [0.29, 0.717) is 0 Å². The lowest BCUT2D eigenvalue weighted by atomic mass is 10.1. The molecule has 0 unspecified atom stereocenters. The fourth-order valence-electron chi connectivity index (χ4n) is 5.87. The number of pyridine rings is 1. The van der Waals surface area contributed by atoms with Crippen LogP contribution in [0, 0.1) is 0 Å². The highest BCUT2D eigenvalue weighted by Gasteiger charge is 2.38. The molecule has 0 aliphatic carbocycles. The summed E-state index contributed by atoms with van der Waals surface area (Å²) in [5.41, 5.74) is 2.86. The Hall–Kier alpha value is -4.72. The van der Waals surface area contributed by atoms with E-state index in [1.165, 1.54) is 32.2 Å². The molecule has 39 heavy (non-hydrogen) atoms. The predicted molar refractivity (Wildman–Crippen MR) is 161 cm³/mol. The number of nitrogens with zero attached hydrogens (tertiary/aromatic N) is 1. The van der Waals surface area contributed by atoms with Gasteiger partial charge in [0.25, 0.3) is 0 Å². The van der Waals surface area contributed by atoms with Crippen LogP contribution < -0.4 is 25.4 Å². The Bertz CT molecular complexity index is 2040. The molecule has 0 saturated heterocycles. The van der Waals surface area contributed by atoms with Crippen molar-refractivity contribution >= 4 is 56.3 Å². The van der Waals surface area contributed by atoms with Crippen LogP contribution >= 0.6 is 7.92 Å². The third-order valence-corrected chi connectivity index (χ3v) is 10.3. The van der Waals surface area contributed by atoms with Gasteiger partial charge in [-0.1, -0.05) is 72.8 Å². The number of benzene rings is 6. The van der Waals surface area contributed by atoms with E-state index in [1.54, 1.807) is 0 Å². The zero-order valence-electron chi connectivity index (χ0n) is 20.8. The highest BCUT2D eigenvalue weighted by atomic mass is 31.1. The summed E-state index contributed by atoms with van der Waals surface area (Å²) in [6.07, 6.45) is 0. The van der Waals surface area contributed by atoms with Crippen LogP contribution in [0.1, 0.15) is 0 Å². The summed E-state index contributed by atoms with van der Waals surface area (Å²) in [5, 5.41) is 9.51. The summed E-state index contributed by atoms with van der Waals surface area (Å²) in [4.78, 5) is 4.97. The molecule has 0 fully saturated rings. The second kappa shape index (κ2) is 7.89. The monoisotopic (exact) mass is 517 g/mol. The van der Waals surface area contributed by atoms with E-state index in [4.69, 9.17) is 14.5 Å². The maximum absolute atomic E-state index is 6.69. The van der Waals surface area contributed by atoms with Crippen molar-refractivity contribution in [2.75, 3.05) is 0 Å². The lowest BCUT2D eigenvalue weighted by Crippen LogP contribution is -2.32. The molecule has 3 heterocycles. The van der Waals surface area contributed by atoms with Gasteiger partial charge in [-0.25, -0.2) is 4.98 Å². The van der Waals surface area contributed by atoms with Crippen LogP contribution in [-0.2, 0) is 0 Å². The summed E-state index contributed by atoms with van der Waals surface area (Å²) in [5.74, 6) is 3.54. The molecular weight excluding hydrogens is 497 g/mol. The SMILES string of the molecule is c1ccc2cc3c(cc2c1)Oc1cc(-c2ccc4ccccc4n2)cc2c1P3c1cc3ccccc3cc1O2. The Labute approximate surface area is 226 Å². The van der Waals surface area contributed by atoms with E-state index < -0.39 is 7.92 Å². The van der Waals surface area contributed by atoms with Crippen LogP contribution in [-0.4, -0.2) is 4.98 Å². The van der Waals surface area contributed by atoms with Gasteiger partial charge < -0.3 is 9.47 Å². The number of hydrogen-bond donors (Lipinski definition) is 0. The average molecular weight is 518 g/mol. The van der Waals surface area contributed by atoms with E-state index in [1.807, 2.05) is 12.1 Å². The number of para-hydroxylation sites is 1. The van der Waals surface area contributed by atoms with Crippen molar-refractivity contribution < 1.29 is 9.47 Å². The second-order valence-corrected chi connectivity index (χ2v) is 12.2. The number of hydrogen-bond acceptors (Lipinski definition) is 3. The summed E-state index contributed by atoms with van der Waals surface area (Å²) in [6, 6.07) is 42.7. The van der Waals surface area contributed by atoms with Gasteiger partial charge in [0.15, 0.2) is 0 Å². The van der Waals surface area contributed by atoms with Gasteiger partial charge in [-0.15, -0.1) is 0 Å². The van der Waals surface area contributed by atoms with Crippen molar-refractivity contribution in [3.8, 4) is 34.3 Å². The zero-order chi connectivity index (χ0) is 25.5. The quantitative estimate of drug-likeness (QED) is 0.206. The normalized spacial score (nSPS) is 13.4. The molecule has 4 heteroatoms. The summed E-state index contributed by atoms with van der Waals surface area (Å²) < 4.78 is 13.4. The molecule has 182 valence electrons. The maximum Gasteiger partial charge on any atom is 0.140 e. The van der Waals surface area contributed by atoms with Gasteiger partial charge in [0.05, 0.1) is 16.5 Å². The zero-order valence-corrected chi connectivity index (χ0v) is 21.7. The fraction of sp³-hybridized carbons (Fsp3) is 0. The molecule has 0 atom stereocenters. The number of aromatic nitrogens is 1. The molecular formula is C35H20NO2P. The van der Waals surface area contributed by atoms with Gasteiger partial charge in [0, 0.05) is 29.5 Å². The molecule has 9 rings (SSSR count). The number of ether oxygens (including phenoxy) is 2. The van der Waals surface area contributed by atoms with Crippen molar-refractivity contribution in [2.24, 2.45) is 0 Å². The van der Waals surface area contributed by atoms with Gasteiger partial charge in [0.2, 0.25) is 0 Å². The minimum absolute atomic E-state index is 0.852. The molecule has 2 aliphatic rings. The first-order valence-corrected chi connectivity index (χ1v) is 14.4. The van der Waals surface area contributed by atoms with Crippen molar-refractivity contribution in [3.05, 3.63) is 121 Å². The predicted octanol–water partition coefficient (Wildman–Crippen LogP) is 8.18. The first-order valence-electron chi connectivity index (χ1n) is 13.0. The first-order chi connectivity index (χ1) is 19.3. The van der Waals surface area contributed by atoms with Gasteiger partial charge in [-0.3, -0.25) is 0 Å². The Balaban J connectivity index is 1.32. The molecule has 2 aliphatic heterocycles. The smallest absolute Gasteiger partial charge is 0.140 e. The lowest BCUT2D eigenvalue weighted by Gasteiger charge is -2.35. The lowest BCUT2D eigenvalue weighted by molar-refractivity contribution is 0.467. The fourth-order valence-corrected chi connectivity index (χ4v) is 8.47. The van der Waals surface area contributed by atoms with Crippen molar-refractivity contribution in [1.82, 2.24) is 4.98 Å². The van der Waals surface area contributed by atoms with Crippen molar-refractivity contribution in [2.45, 2.75) is 0 Å². The molecule has 0 N–H and O–H groups in total. The van der Waals surface area contributed by atoms with Crippen LogP contribution in [0.2, 0.25) is 0 Å². The summed E-state index contributed by atoms with van der Waals surface area (Å²) in [7, 11) is -0.877. The van der Waals surface area contributed by atoms with E-state index in [2.05, 4.69) is 109 Å². The van der Waals surface area contributed by atoms with Crippen LogP contribution in [0.25, 0.3) is 43.7 Å². The van der Waals surface area contributed by atoms with Crippen LogP contribution in [0.5, 0.6) is 23.0 Å². The molecule has 0 radical (unpaired) electrons. The van der Waals surface area contributed by atoms with Gasteiger partial charge >= 0.3 is 0 Å². The number of fused-ring (bicyclic) bond motifs is 7. The first kappa shape index (κ1) is 21.2. The third kappa shape index (κ3) is 3.17. The van der Waals surface area contributed by atoms with Crippen LogP contribution in [0.15, 0.2) is 121 Å². The molecule has 1 aromatic heterocycles. The van der Waals surface area contributed by atoms with Gasteiger partial charge in [-0.2, -0.15) is 0 Å². The van der Waals surface area contributed by atoms with E-state index >= 15 is 0 Å². The molecule has 0 saturated carbocycles. The third-order valence-electron chi connectivity index (χ3n) is 7.73. The minimum atomic E-state index is -0.877. The standard InChI is InChI=1S/C35H20NO2P/c1-3-10-24-19-33-29(15-22(24)8-1)37-31-17-26(28-14-13-21-7-5-6-12-27(21)36-28)18-32-35(31)39(33)34-20-25-11-4-2-9-23(25)16-30(34)38-32/h1-20H. The maximum atomic E-state index is 6.69. The minimum Gasteiger partial charge on any atom is -0.456 e. The molecule has 0 spiro atoms. The largest absolute Gasteiger partial charge is 0.456 e. The Kier molecular flexibility index (Phi) is 4.30. The molecule has 3 nitrogen and oxygen atoms in total. The van der Waals surface area contributed by atoms with E-state index in [0.717, 1.165) is 50.5 Å². The second-order valence-electron chi connectivity index (χ2n) is 10.1. The molecule has 0 amide bonds. The van der Waals surface area contributed by atoms with Crippen LogP contribution in [0.3, 0.4) is 0 Å². The topological polar surface area (TPSA) is 31.4 Å². The Morgan fingerprint density at radius 3 is 1.56 bits per heavy atom. The molecule has 7 aromatic rings. The Morgan fingerprint density at radius 1 is 0.462 bits per heavy atom. The van der Waals surface area contributed by atoms with E-state index in [9.17, 15) is 0 Å². The van der Waals surface area contributed by atoms with E-state index in [-0.39, 0.29) is 0 Å². The van der Waals surface area contributed by atoms with Crippen LogP contribution in [0.4, 0.5) is 0 Å². The van der Waals surface area contributed by atoms with Gasteiger partial charge in [-0.05, 0) is 70.1 Å².